The first-order valence-electron chi connectivity index (χ1n) is 7.61. The number of sulfonamides is 1. The lowest BCUT2D eigenvalue weighted by atomic mass is 10.3. The molecule has 1 heterocycles. The molecule has 0 amide bonds. The summed E-state index contributed by atoms with van der Waals surface area (Å²) in [5.41, 5.74) is 0.712. The lowest BCUT2D eigenvalue weighted by Gasteiger charge is -2.11. The molecule has 2 aromatic carbocycles. The fourth-order valence-corrected chi connectivity index (χ4v) is 4.61. The predicted molar refractivity (Wildman–Crippen MR) is 95.7 cm³/mol. The van der Waals surface area contributed by atoms with E-state index in [0.29, 0.717) is 16.8 Å². The van der Waals surface area contributed by atoms with Crippen molar-refractivity contribution in [3.63, 3.8) is 0 Å². The van der Waals surface area contributed by atoms with Crippen LogP contribution in [0.15, 0.2) is 52.2 Å². The molecular formula is C16H13F3N2O4S2. The third-order valence-corrected chi connectivity index (χ3v) is 5.93. The first-order chi connectivity index (χ1) is 12.6. The van der Waals surface area contributed by atoms with Gasteiger partial charge in [0.25, 0.3) is 10.0 Å². The van der Waals surface area contributed by atoms with Crippen molar-refractivity contribution in [3.8, 4) is 5.75 Å². The van der Waals surface area contributed by atoms with Crippen molar-refractivity contribution in [1.29, 1.82) is 0 Å². The summed E-state index contributed by atoms with van der Waals surface area (Å²) in [6.07, 6.45) is -4.83. The first-order valence-corrected chi connectivity index (χ1v) is 9.91. The fourth-order valence-electron chi connectivity index (χ4n) is 2.45. The molecule has 0 bridgehead atoms. The smallest absolute Gasteiger partial charge is 0.406 e. The molecule has 0 aliphatic carbocycles. The van der Waals surface area contributed by atoms with Crippen LogP contribution >= 0.6 is 11.3 Å². The van der Waals surface area contributed by atoms with Crippen LogP contribution in [0.1, 0.15) is 6.92 Å². The van der Waals surface area contributed by atoms with Gasteiger partial charge in [0, 0.05) is 12.2 Å². The van der Waals surface area contributed by atoms with E-state index in [9.17, 15) is 26.4 Å². The lowest BCUT2D eigenvalue weighted by molar-refractivity contribution is -0.274. The summed E-state index contributed by atoms with van der Waals surface area (Å²) in [7, 11) is -3.98. The number of fused-ring (bicyclic) bond motifs is 1. The molecule has 0 aliphatic rings. The van der Waals surface area contributed by atoms with Gasteiger partial charge in [0.1, 0.15) is 5.75 Å². The molecular weight excluding hydrogens is 405 g/mol. The predicted octanol–water partition coefficient (Wildman–Crippen LogP) is 3.78. The molecule has 0 spiro atoms. The Bertz CT molecular complexity index is 1130. The van der Waals surface area contributed by atoms with Crippen molar-refractivity contribution in [2.45, 2.75) is 24.7 Å². The van der Waals surface area contributed by atoms with Gasteiger partial charge >= 0.3 is 11.2 Å². The molecule has 3 rings (SSSR count). The molecule has 0 saturated carbocycles. The Balaban J connectivity index is 1.86. The Morgan fingerprint density at radius 3 is 2.41 bits per heavy atom. The summed E-state index contributed by atoms with van der Waals surface area (Å²) in [6, 6.07) is 8.61. The zero-order chi connectivity index (χ0) is 19.8. The quantitative estimate of drug-likeness (QED) is 0.684. The minimum atomic E-state index is -4.83. The van der Waals surface area contributed by atoms with Crippen LogP contribution in [0.2, 0.25) is 0 Å². The van der Waals surface area contributed by atoms with Gasteiger partial charge in [-0.1, -0.05) is 11.3 Å². The number of ether oxygens (including phenoxy) is 1. The summed E-state index contributed by atoms with van der Waals surface area (Å²) in [5.74, 6) is -0.461. The van der Waals surface area contributed by atoms with E-state index in [2.05, 4.69) is 9.46 Å². The van der Waals surface area contributed by atoms with Gasteiger partial charge in [-0.05, 0) is 49.4 Å². The van der Waals surface area contributed by atoms with Gasteiger partial charge in [-0.15, -0.1) is 13.2 Å². The van der Waals surface area contributed by atoms with Crippen LogP contribution < -0.4 is 14.3 Å². The monoisotopic (exact) mass is 418 g/mol. The summed E-state index contributed by atoms with van der Waals surface area (Å²) < 4.78 is 69.6. The van der Waals surface area contributed by atoms with E-state index < -0.39 is 22.1 Å². The van der Waals surface area contributed by atoms with Crippen molar-refractivity contribution >= 4 is 37.3 Å². The van der Waals surface area contributed by atoms with Crippen molar-refractivity contribution in [3.05, 3.63) is 52.1 Å². The number of thiazole rings is 1. The molecule has 6 nitrogen and oxygen atoms in total. The molecule has 27 heavy (non-hydrogen) atoms. The molecule has 0 atom stereocenters. The molecule has 0 fully saturated rings. The maximum absolute atomic E-state index is 12.5. The van der Waals surface area contributed by atoms with E-state index >= 15 is 0 Å². The summed E-state index contributed by atoms with van der Waals surface area (Å²) in [6.45, 7) is 2.28. The van der Waals surface area contributed by atoms with Crippen LogP contribution in [-0.4, -0.2) is 19.3 Å². The highest BCUT2D eigenvalue weighted by molar-refractivity contribution is 7.92. The van der Waals surface area contributed by atoms with E-state index in [1.165, 1.54) is 16.7 Å². The van der Waals surface area contributed by atoms with Gasteiger partial charge in [-0.2, -0.15) is 0 Å². The van der Waals surface area contributed by atoms with Crippen LogP contribution in [0.4, 0.5) is 18.9 Å². The molecule has 0 aliphatic heterocycles. The second-order valence-corrected chi connectivity index (χ2v) is 8.10. The number of rotatable bonds is 5. The van der Waals surface area contributed by atoms with Crippen molar-refractivity contribution in [1.82, 2.24) is 4.57 Å². The number of aryl methyl sites for hydroxylation is 1. The topological polar surface area (TPSA) is 77.4 Å². The van der Waals surface area contributed by atoms with E-state index in [4.69, 9.17) is 0 Å². The van der Waals surface area contributed by atoms with Gasteiger partial charge in [-0.25, -0.2) is 8.42 Å². The van der Waals surface area contributed by atoms with Gasteiger partial charge in [0.05, 0.1) is 15.1 Å². The molecule has 3 aromatic rings. The number of nitrogens with one attached hydrogen (secondary N) is 1. The van der Waals surface area contributed by atoms with Gasteiger partial charge in [-0.3, -0.25) is 14.1 Å². The third-order valence-electron chi connectivity index (χ3n) is 3.61. The molecule has 144 valence electrons. The number of nitrogens with zero attached hydrogens (tertiary/aromatic N) is 1. The third kappa shape index (κ3) is 4.25. The summed E-state index contributed by atoms with van der Waals surface area (Å²) in [4.78, 5) is 11.6. The van der Waals surface area contributed by atoms with Crippen LogP contribution in [0.5, 0.6) is 5.75 Å². The molecule has 1 aromatic heterocycles. The summed E-state index contributed by atoms with van der Waals surface area (Å²) >= 11 is 0.939. The standard InChI is InChI=1S/C16H13F3N2O4S2/c1-2-21-13-8-7-12(9-14(13)26-15(21)22)27(23,24)20-10-3-5-11(6-4-10)25-16(17,18)19/h3-9,20H,2H2,1H3. The maximum Gasteiger partial charge on any atom is 0.573 e. The highest BCUT2D eigenvalue weighted by Crippen LogP contribution is 2.26. The lowest BCUT2D eigenvalue weighted by Crippen LogP contribution is -2.17. The van der Waals surface area contributed by atoms with Crippen molar-refractivity contribution in [2.24, 2.45) is 0 Å². The fraction of sp³-hybridized carbons (Fsp3) is 0.188. The van der Waals surface area contributed by atoms with E-state index in [-0.39, 0.29) is 15.5 Å². The number of anilines is 1. The average molecular weight is 418 g/mol. The maximum atomic E-state index is 12.5. The van der Waals surface area contributed by atoms with Gasteiger partial charge in [0.15, 0.2) is 0 Å². The molecule has 1 N–H and O–H groups in total. The number of aromatic nitrogens is 1. The highest BCUT2D eigenvalue weighted by Gasteiger charge is 2.31. The van der Waals surface area contributed by atoms with Gasteiger partial charge in [0.2, 0.25) is 0 Å². The summed E-state index contributed by atoms with van der Waals surface area (Å²) in [5, 5.41) is 0. The van der Waals surface area contributed by atoms with Crippen LogP contribution in [-0.2, 0) is 16.6 Å². The Kier molecular flexibility index (Phi) is 4.91. The normalized spacial score (nSPS) is 12.3. The average Bonchev–Trinajstić information content (AvgIpc) is 2.89. The Morgan fingerprint density at radius 2 is 1.81 bits per heavy atom. The largest absolute Gasteiger partial charge is 0.573 e. The van der Waals surface area contributed by atoms with E-state index in [1.807, 2.05) is 6.92 Å². The second-order valence-electron chi connectivity index (χ2n) is 5.42. The SMILES string of the molecule is CCn1c(=O)sc2cc(S(=O)(=O)Nc3ccc(OC(F)(F)F)cc3)ccc21. The van der Waals surface area contributed by atoms with Crippen LogP contribution in [0, 0.1) is 0 Å². The highest BCUT2D eigenvalue weighted by atomic mass is 32.2. The van der Waals surface area contributed by atoms with Crippen molar-refractivity contribution in [2.75, 3.05) is 4.72 Å². The number of halogens is 3. The minimum absolute atomic E-state index is 0.0601. The van der Waals surface area contributed by atoms with E-state index in [0.717, 1.165) is 35.6 Å². The Morgan fingerprint density at radius 1 is 1.15 bits per heavy atom. The minimum Gasteiger partial charge on any atom is -0.406 e. The first kappa shape index (κ1) is 19.2. The Hall–Kier alpha value is -2.53. The zero-order valence-electron chi connectivity index (χ0n) is 13.8. The number of benzene rings is 2. The molecule has 0 unspecified atom stereocenters. The Labute approximate surface area is 155 Å². The zero-order valence-corrected chi connectivity index (χ0v) is 15.4. The molecule has 0 saturated heterocycles. The van der Waals surface area contributed by atoms with E-state index in [1.54, 1.807) is 6.07 Å². The van der Waals surface area contributed by atoms with Gasteiger partial charge < -0.3 is 4.74 Å². The molecule has 11 heteroatoms. The second kappa shape index (κ2) is 6.89. The van der Waals surface area contributed by atoms with Crippen molar-refractivity contribution < 1.29 is 26.3 Å². The molecule has 0 radical (unpaired) electrons. The van der Waals surface area contributed by atoms with Crippen LogP contribution in [0.25, 0.3) is 10.2 Å². The number of alkyl halides is 3. The van der Waals surface area contributed by atoms with Crippen LogP contribution in [0.3, 0.4) is 0 Å². The number of hydrogen-bond acceptors (Lipinski definition) is 5. The number of hydrogen-bond donors (Lipinski definition) is 1.